The van der Waals surface area contributed by atoms with Crippen LogP contribution in [-0.4, -0.2) is 42.2 Å². The predicted molar refractivity (Wildman–Crippen MR) is 80.5 cm³/mol. The van der Waals surface area contributed by atoms with E-state index in [-0.39, 0.29) is 30.2 Å². The second-order valence-electron chi connectivity index (χ2n) is 5.96. The third-order valence-corrected chi connectivity index (χ3v) is 4.57. The highest BCUT2D eigenvalue weighted by molar-refractivity contribution is 5.92. The number of rotatable bonds is 5. The van der Waals surface area contributed by atoms with Crippen LogP contribution in [0.15, 0.2) is 18.2 Å². The summed E-state index contributed by atoms with van der Waals surface area (Å²) in [6.07, 6.45) is 2.65. The van der Waals surface area contributed by atoms with Gasteiger partial charge in [0.2, 0.25) is 5.91 Å². The van der Waals surface area contributed by atoms with Gasteiger partial charge in [-0.3, -0.25) is 9.69 Å². The van der Waals surface area contributed by atoms with Gasteiger partial charge < -0.3 is 10.4 Å². The molecule has 1 fully saturated rings. The van der Waals surface area contributed by atoms with E-state index in [2.05, 4.69) is 12.2 Å². The number of piperidine rings is 1. The minimum atomic E-state index is -0.980. The van der Waals surface area contributed by atoms with Crippen LogP contribution in [0.1, 0.15) is 26.2 Å². The van der Waals surface area contributed by atoms with Gasteiger partial charge >= 0.3 is 0 Å². The number of amides is 1. The molecule has 0 radical (unpaired) electrons. The van der Waals surface area contributed by atoms with Crippen molar-refractivity contribution in [3.05, 3.63) is 29.8 Å². The fraction of sp³-hybridized carbons (Fsp3) is 0.562. The van der Waals surface area contributed by atoms with Crippen molar-refractivity contribution in [1.82, 2.24) is 4.90 Å². The number of nitrogens with zero attached hydrogens (tertiary/aromatic N) is 1. The van der Waals surface area contributed by atoms with Crippen LogP contribution in [0.5, 0.6) is 0 Å². The monoisotopic (exact) mass is 312 g/mol. The first-order valence-corrected chi connectivity index (χ1v) is 7.56. The van der Waals surface area contributed by atoms with Crippen molar-refractivity contribution in [2.45, 2.75) is 26.2 Å². The zero-order valence-corrected chi connectivity index (χ0v) is 12.7. The molecular formula is C16H22F2N2O2. The lowest BCUT2D eigenvalue weighted by atomic mass is 9.77. The van der Waals surface area contributed by atoms with Crippen molar-refractivity contribution in [3.8, 4) is 0 Å². The number of hydrogen-bond donors (Lipinski definition) is 2. The lowest BCUT2D eigenvalue weighted by Gasteiger charge is -2.39. The third-order valence-electron chi connectivity index (χ3n) is 4.57. The van der Waals surface area contributed by atoms with Crippen LogP contribution in [0.3, 0.4) is 0 Å². The van der Waals surface area contributed by atoms with E-state index in [1.807, 2.05) is 4.90 Å². The first kappa shape index (κ1) is 16.8. The van der Waals surface area contributed by atoms with Crippen molar-refractivity contribution in [2.24, 2.45) is 5.41 Å². The first-order chi connectivity index (χ1) is 10.5. The van der Waals surface area contributed by atoms with E-state index in [1.54, 1.807) is 0 Å². The maximum atomic E-state index is 13.1. The van der Waals surface area contributed by atoms with Gasteiger partial charge in [0.25, 0.3) is 0 Å². The van der Waals surface area contributed by atoms with Crippen LogP contribution in [0.25, 0.3) is 0 Å². The largest absolute Gasteiger partial charge is 0.396 e. The number of anilines is 1. The highest BCUT2D eigenvalue weighted by atomic mass is 19.2. The van der Waals surface area contributed by atoms with E-state index in [0.29, 0.717) is 0 Å². The van der Waals surface area contributed by atoms with Crippen LogP contribution in [0.4, 0.5) is 14.5 Å². The number of carbonyl (C=O) groups excluding carboxylic acids is 1. The Morgan fingerprint density at radius 1 is 1.32 bits per heavy atom. The van der Waals surface area contributed by atoms with Gasteiger partial charge in [-0.15, -0.1) is 0 Å². The highest BCUT2D eigenvalue weighted by Gasteiger charge is 2.32. The van der Waals surface area contributed by atoms with Crippen molar-refractivity contribution in [1.29, 1.82) is 0 Å². The molecule has 2 N–H and O–H groups in total. The fourth-order valence-corrected chi connectivity index (χ4v) is 2.79. The van der Waals surface area contributed by atoms with E-state index < -0.39 is 11.6 Å². The summed E-state index contributed by atoms with van der Waals surface area (Å²) in [7, 11) is 0. The topological polar surface area (TPSA) is 52.6 Å². The van der Waals surface area contributed by atoms with Crippen molar-refractivity contribution < 1.29 is 18.7 Å². The highest BCUT2D eigenvalue weighted by Crippen LogP contribution is 2.34. The number of benzene rings is 1. The number of halogens is 2. The second kappa shape index (κ2) is 7.15. The number of likely N-dealkylation sites (tertiary alicyclic amines) is 1. The van der Waals surface area contributed by atoms with Crippen molar-refractivity contribution >= 4 is 11.6 Å². The first-order valence-electron chi connectivity index (χ1n) is 7.56. The number of nitrogens with one attached hydrogen (secondary N) is 1. The summed E-state index contributed by atoms with van der Waals surface area (Å²) in [5, 5.41) is 12.1. The molecule has 122 valence electrons. The molecule has 6 heteroatoms. The lowest BCUT2D eigenvalue weighted by molar-refractivity contribution is -0.118. The molecule has 0 bridgehead atoms. The fourth-order valence-electron chi connectivity index (χ4n) is 2.79. The van der Waals surface area contributed by atoms with Crippen molar-refractivity contribution in [2.75, 3.05) is 31.6 Å². The maximum absolute atomic E-state index is 13.1. The average Bonchev–Trinajstić information content (AvgIpc) is 2.52. The zero-order chi connectivity index (χ0) is 16.2. The van der Waals surface area contributed by atoms with Gasteiger partial charge in [-0.05, 0) is 49.9 Å². The predicted octanol–water partition coefficient (Wildman–Crippen LogP) is 2.39. The molecule has 1 amide bonds. The van der Waals surface area contributed by atoms with E-state index in [9.17, 15) is 18.7 Å². The molecule has 0 aromatic heterocycles. The summed E-state index contributed by atoms with van der Waals surface area (Å²) in [5.41, 5.74) is 0.228. The van der Waals surface area contributed by atoms with Gasteiger partial charge in [0.05, 0.1) is 6.54 Å². The summed E-state index contributed by atoms with van der Waals surface area (Å²) in [6, 6.07) is 3.29. The van der Waals surface area contributed by atoms with Gasteiger partial charge in [-0.2, -0.15) is 0 Å². The Hall–Kier alpha value is -1.53. The van der Waals surface area contributed by atoms with Crippen LogP contribution in [0.2, 0.25) is 0 Å². The van der Waals surface area contributed by atoms with E-state index in [0.717, 1.165) is 44.5 Å². The molecule has 1 saturated heterocycles. The standard InChI is InChI=1S/C16H22F2N2O2/c1-2-16(11-21)5-7-20(8-6-16)10-15(22)19-12-3-4-13(17)14(18)9-12/h3-4,9,21H,2,5-8,10-11H2,1H3,(H,19,22). The quantitative estimate of drug-likeness (QED) is 0.878. The maximum Gasteiger partial charge on any atom is 0.238 e. The minimum Gasteiger partial charge on any atom is -0.396 e. The van der Waals surface area contributed by atoms with Gasteiger partial charge in [-0.1, -0.05) is 6.92 Å². The molecule has 1 aromatic carbocycles. The molecular weight excluding hydrogens is 290 g/mol. The molecule has 1 aliphatic heterocycles. The van der Waals surface area contributed by atoms with Crippen LogP contribution >= 0.6 is 0 Å². The molecule has 0 aliphatic carbocycles. The van der Waals surface area contributed by atoms with Gasteiger partial charge in [-0.25, -0.2) is 8.78 Å². The number of hydrogen-bond acceptors (Lipinski definition) is 3. The molecule has 1 aromatic rings. The lowest BCUT2D eigenvalue weighted by Crippen LogP contribution is -2.44. The minimum absolute atomic E-state index is 0.0208. The van der Waals surface area contributed by atoms with E-state index >= 15 is 0 Å². The molecule has 0 unspecified atom stereocenters. The average molecular weight is 312 g/mol. The molecule has 2 rings (SSSR count). The van der Waals surface area contributed by atoms with E-state index in [1.165, 1.54) is 6.07 Å². The Morgan fingerprint density at radius 3 is 2.55 bits per heavy atom. The molecule has 0 saturated carbocycles. The molecule has 1 aliphatic rings. The summed E-state index contributed by atoms with van der Waals surface area (Å²) in [6.45, 7) is 3.96. The Labute approximate surface area is 129 Å². The summed E-state index contributed by atoms with van der Waals surface area (Å²) in [4.78, 5) is 14.0. The van der Waals surface area contributed by atoms with Crippen LogP contribution < -0.4 is 5.32 Å². The van der Waals surface area contributed by atoms with Crippen LogP contribution in [-0.2, 0) is 4.79 Å². The number of carbonyl (C=O) groups is 1. The SMILES string of the molecule is CCC1(CO)CCN(CC(=O)Nc2ccc(F)c(F)c2)CC1. The molecule has 4 nitrogen and oxygen atoms in total. The number of aliphatic hydroxyl groups excluding tert-OH is 1. The number of aliphatic hydroxyl groups is 1. The zero-order valence-electron chi connectivity index (χ0n) is 12.7. The van der Waals surface area contributed by atoms with Gasteiger partial charge in [0.15, 0.2) is 11.6 Å². The van der Waals surface area contributed by atoms with Gasteiger partial charge in [0.1, 0.15) is 0 Å². The normalized spacial score (nSPS) is 18.2. The Balaban J connectivity index is 1.84. The Bertz CT molecular complexity index is 523. The molecule has 22 heavy (non-hydrogen) atoms. The molecule has 0 atom stereocenters. The van der Waals surface area contributed by atoms with E-state index in [4.69, 9.17) is 0 Å². The summed E-state index contributed by atoms with van der Waals surface area (Å²) < 4.78 is 25.9. The smallest absolute Gasteiger partial charge is 0.238 e. The Morgan fingerprint density at radius 2 is 2.00 bits per heavy atom. The Kier molecular flexibility index (Phi) is 5.47. The summed E-state index contributed by atoms with van der Waals surface area (Å²) >= 11 is 0. The third kappa shape index (κ3) is 4.01. The molecule has 1 heterocycles. The van der Waals surface area contributed by atoms with Crippen molar-refractivity contribution in [3.63, 3.8) is 0 Å². The van der Waals surface area contributed by atoms with Crippen LogP contribution in [0, 0.1) is 17.0 Å². The van der Waals surface area contributed by atoms with Gasteiger partial charge in [0, 0.05) is 18.4 Å². The second-order valence-corrected chi connectivity index (χ2v) is 5.96. The molecule has 0 spiro atoms. The summed E-state index contributed by atoms with van der Waals surface area (Å²) in [5.74, 6) is -2.17.